The van der Waals surface area contributed by atoms with Crippen LogP contribution in [-0.2, 0) is 19.6 Å². The van der Waals surface area contributed by atoms with Gasteiger partial charge in [-0.05, 0) is 50.5 Å². The Balaban J connectivity index is 1.29. The Hall–Kier alpha value is -4.01. The van der Waals surface area contributed by atoms with Gasteiger partial charge < -0.3 is 18.7 Å². The van der Waals surface area contributed by atoms with Crippen molar-refractivity contribution in [2.24, 2.45) is 0 Å². The van der Waals surface area contributed by atoms with Gasteiger partial charge in [0, 0.05) is 48.4 Å². The van der Waals surface area contributed by atoms with Crippen LogP contribution in [0.25, 0.3) is 11.3 Å². The van der Waals surface area contributed by atoms with Crippen molar-refractivity contribution in [3.05, 3.63) is 76.3 Å². The summed E-state index contributed by atoms with van der Waals surface area (Å²) in [6.07, 6.45) is 5.80. The maximum absolute atomic E-state index is 12.7. The molecule has 9 nitrogen and oxygen atoms in total. The van der Waals surface area contributed by atoms with Gasteiger partial charge in [-0.2, -0.15) is 0 Å². The van der Waals surface area contributed by atoms with Crippen LogP contribution in [0.4, 0.5) is 0 Å². The molecule has 5 rings (SSSR count). The normalized spacial score (nSPS) is 13.1. The number of nitrogens with zero attached hydrogens (tertiary/aromatic N) is 5. The average Bonchev–Trinajstić information content (AvgIpc) is 3.42. The van der Waals surface area contributed by atoms with E-state index >= 15 is 0 Å². The number of hydrogen-bond donors (Lipinski definition) is 0. The van der Waals surface area contributed by atoms with Gasteiger partial charge >= 0.3 is 0 Å². The first-order chi connectivity index (χ1) is 16.0. The van der Waals surface area contributed by atoms with Crippen molar-refractivity contribution in [1.82, 2.24) is 25.2 Å². The lowest BCUT2D eigenvalue weighted by Gasteiger charge is -2.28. The number of carbonyl (C=O) groups excluding carboxylic acids is 1. The van der Waals surface area contributed by atoms with Crippen molar-refractivity contribution in [3.8, 4) is 17.1 Å². The number of aromatic nitrogens is 4. The molecule has 0 saturated heterocycles. The second kappa shape index (κ2) is 8.50. The molecule has 4 aromatic rings. The molecule has 0 aliphatic carbocycles. The smallest absolute Gasteiger partial charge is 0.293 e. The summed E-state index contributed by atoms with van der Waals surface area (Å²) in [5.74, 6) is 1.35. The van der Waals surface area contributed by atoms with Gasteiger partial charge in [0.15, 0.2) is 0 Å². The van der Waals surface area contributed by atoms with Gasteiger partial charge in [-0.15, -0.1) is 0 Å². The maximum Gasteiger partial charge on any atom is 0.293 e. The zero-order valence-electron chi connectivity index (χ0n) is 18.7. The summed E-state index contributed by atoms with van der Waals surface area (Å²) in [4.78, 5) is 23.3. The quantitative estimate of drug-likeness (QED) is 0.456. The van der Waals surface area contributed by atoms with Gasteiger partial charge in [-0.1, -0.05) is 10.3 Å². The van der Waals surface area contributed by atoms with Crippen molar-refractivity contribution in [3.63, 3.8) is 0 Å². The van der Waals surface area contributed by atoms with E-state index in [0.717, 1.165) is 39.2 Å². The van der Waals surface area contributed by atoms with Gasteiger partial charge in [0.05, 0.1) is 11.8 Å². The van der Waals surface area contributed by atoms with Gasteiger partial charge in [0.1, 0.15) is 18.1 Å². The molecule has 0 radical (unpaired) electrons. The molecule has 168 valence electrons. The second-order valence-corrected chi connectivity index (χ2v) is 8.15. The topological polar surface area (TPSA) is 107 Å². The molecule has 0 spiro atoms. The van der Waals surface area contributed by atoms with E-state index in [1.165, 1.54) is 0 Å². The van der Waals surface area contributed by atoms with Gasteiger partial charge in [-0.3, -0.25) is 9.78 Å². The molecule has 0 N–H and O–H groups in total. The highest BCUT2D eigenvalue weighted by molar-refractivity contribution is 5.92. The zero-order chi connectivity index (χ0) is 22.9. The average molecular weight is 445 g/mol. The monoisotopic (exact) mass is 445 g/mol. The Labute approximate surface area is 190 Å². The van der Waals surface area contributed by atoms with Crippen LogP contribution in [0.5, 0.6) is 5.88 Å². The van der Waals surface area contributed by atoms with Crippen LogP contribution in [-0.4, -0.2) is 37.6 Å². The summed E-state index contributed by atoms with van der Waals surface area (Å²) < 4.78 is 16.5. The molecule has 9 heteroatoms. The van der Waals surface area contributed by atoms with Gasteiger partial charge in [-0.25, -0.2) is 4.98 Å². The zero-order valence-corrected chi connectivity index (χ0v) is 18.7. The van der Waals surface area contributed by atoms with Crippen molar-refractivity contribution >= 4 is 5.91 Å². The third-order valence-corrected chi connectivity index (χ3v) is 5.83. The van der Waals surface area contributed by atoms with Crippen molar-refractivity contribution in [2.75, 3.05) is 6.54 Å². The minimum absolute atomic E-state index is 0.156. The van der Waals surface area contributed by atoms with E-state index in [0.29, 0.717) is 31.2 Å². The summed E-state index contributed by atoms with van der Waals surface area (Å²) in [5, 5.41) is 7.89. The molecule has 33 heavy (non-hydrogen) atoms. The van der Waals surface area contributed by atoms with E-state index in [1.54, 1.807) is 23.5 Å². The van der Waals surface area contributed by atoms with Gasteiger partial charge in [0.2, 0.25) is 11.6 Å². The van der Waals surface area contributed by atoms with E-state index in [2.05, 4.69) is 20.3 Å². The number of pyridine rings is 2. The number of hydrogen-bond acceptors (Lipinski definition) is 8. The predicted octanol–water partition coefficient (Wildman–Crippen LogP) is 3.82. The van der Waals surface area contributed by atoms with E-state index in [-0.39, 0.29) is 18.3 Å². The summed E-state index contributed by atoms with van der Waals surface area (Å²) >= 11 is 0. The van der Waals surface area contributed by atoms with Crippen LogP contribution in [0, 0.1) is 20.8 Å². The second-order valence-electron chi connectivity index (χ2n) is 8.15. The van der Waals surface area contributed by atoms with Gasteiger partial charge in [0.25, 0.3) is 5.91 Å². The minimum atomic E-state index is -0.156. The molecule has 5 heterocycles. The fourth-order valence-corrected chi connectivity index (χ4v) is 3.85. The fraction of sp³-hybridized carbons (Fsp3) is 0.292. The molecule has 1 aliphatic rings. The lowest BCUT2D eigenvalue weighted by Crippen LogP contribution is -2.36. The maximum atomic E-state index is 12.7. The third kappa shape index (κ3) is 4.09. The van der Waals surface area contributed by atoms with Crippen LogP contribution in [0.2, 0.25) is 0 Å². The number of ether oxygens (including phenoxy) is 1. The molecule has 0 fully saturated rings. The first kappa shape index (κ1) is 20.9. The highest BCUT2D eigenvalue weighted by Crippen LogP contribution is 2.28. The van der Waals surface area contributed by atoms with Crippen LogP contribution in [0.15, 0.2) is 45.8 Å². The molecule has 4 aromatic heterocycles. The summed E-state index contributed by atoms with van der Waals surface area (Å²) in [6.45, 7) is 6.94. The lowest BCUT2D eigenvalue weighted by molar-refractivity contribution is 0.0691. The molecular weight excluding hydrogens is 422 g/mol. The molecule has 1 amide bonds. The molecule has 0 atom stereocenters. The summed E-state index contributed by atoms with van der Waals surface area (Å²) in [7, 11) is 0. The van der Waals surface area contributed by atoms with Crippen molar-refractivity contribution < 1.29 is 18.6 Å². The van der Waals surface area contributed by atoms with E-state index < -0.39 is 0 Å². The van der Waals surface area contributed by atoms with E-state index in [9.17, 15) is 4.79 Å². The lowest BCUT2D eigenvalue weighted by atomic mass is 10.0. The van der Waals surface area contributed by atoms with Crippen LogP contribution < -0.4 is 4.74 Å². The number of aryl methyl sites for hydroxylation is 3. The Morgan fingerprint density at radius 3 is 2.73 bits per heavy atom. The standard InChI is InChI=1S/C24H23N5O4/c1-14-9-27-33-23(14)24(30)29-7-6-17-8-21(26-11-19(17)12-29)31-13-20-16(3)32-28-22(20)18-5-4-15(2)25-10-18/h4-5,8-11H,6-7,12-13H2,1-3H3. The highest BCUT2D eigenvalue weighted by Gasteiger charge is 2.26. The van der Waals surface area contributed by atoms with Crippen molar-refractivity contribution in [2.45, 2.75) is 40.3 Å². The molecule has 0 saturated carbocycles. The number of amides is 1. The first-order valence-electron chi connectivity index (χ1n) is 10.7. The van der Waals surface area contributed by atoms with Crippen LogP contribution in [0.1, 0.15) is 44.3 Å². The summed E-state index contributed by atoms with van der Waals surface area (Å²) in [5.41, 5.74) is 6.23. The number of rotatable bonds is 5. The largest absolute Gasteiger partial charge is 0.473 e. The van der Waals surface area contributed by atoms with Crippen molar-refractivity contribution in [1.29, 1.82) is 0 Å². The summed E-state index contributed by atoms with van der Waals surface area (Å²) in [6, 6.07) is 5.84. The van der Waals surface area contributed by atoms with Crippen LogP contribution >= 0.6 is 0 Å². The number of carbonyl (C=O) groups is 1. The van der Waals surface area contributed by atoms with E-state index in [4.69, 9.17) is 13.8 Å². The highest BCUT2D eigenvalue weighted by atomic mass is 16.5. The SMILES string of the molecule is Cc1ccc(-c2noc(C)c2COc2cc3c(cn2)CN(C(=O)c2oncc2C)CC3)cn1. The van der Waals surface area contributed by atoms with E-state index in [1.807, 2.05) is 39.0 Å². The molecular formula is C24H23N5O4. The third-order valence-electron chi connectivity index (χ3n) is 5.83. The Morgan fingerprint density at radius 1 is 1.09 bits per heavy atom. The Morgan fingerprint density at radius 2 is 1.97 bits per heavy atom. The Kier molecular flexibility index (Phi) is 5.37. The minimum Gasteiger partial charge on any atom is -0.473 e. The molecule has 0 unspecified atom stereocenters. The Bertz CT molecular complexity index is 1310. The van der Waals surface area contributed by atoms with Crippen LogP contribution in [0.3, 0.4) is 0 Å². The first-order valence-corrected chi connectivity index (χ1v) is 10.7. The molecule has 0 bridgehead atoms. The molecule has 0 aromatic carbocycles. The predicted molar refractivity (Wildman–Crippen MR) is 117 cm³/mol. The number of fused-ring (bicyclic) bond motifs is 1. The molecule has 1 aliphatic heterocycles. The fourth-order valence-electron chi connectivity index (χ4n) is 3.85.